The molecule has 4 N–H and O–H groups in total. The third kappa shape index (κ3) is 41.8. The molecular weight excluding hydrogens is 753 g/mol. The molecule has 0 aromatic rings. The molecular formula is C51H92N2O7. The lowest BCUT2D eigenvalue weighted by molar-refractivity contribution is -0.150. The van der Waals surface area contributed by atoms with Crippen molar-refractivity contribution in [2.45, 2.75) is 251 Å². The van der Waals surface area contributed by atoms with Gasteiger partial charge in [-0.15, -0.1) is 0 Å². The summed E-state index contributed by atoms with van der Waals surface area (Å²) >= 11 is 0. The number of esters is 1. The molecule has 0 rings (SSSR count). The molecule has 0 saturated heterocycles. The fourth-order valence-corrected chi connectivity index (χ4v) is 7.31. The summed E-state index contributed by atoms with van der Waals surface area (Å²) in [5.74, 6) is -2.29. The molecule has 0 aliphatic heterocycles. The number of amides is 2. The Morgan fingerprint density at radius 1 is 0.500 bits per heavy atom. The first-order chi connectivity index (χ1) is 29.3. The average molecular weight is 845 g/mol. The average Bonchev–Trinajstić information content (AvgIpc) is 3.23. The smallest absolute Gasteiger partial charge is 0.328 e. The number of aliphatic hydroxyl groups is 1. The van der Waals surface area contributed by atoms with Crippen molar-refractivity contribution in [2.75, 3.05) is 13.2 Å². The second-order valence-corrected chi connectivity index (χ2v) is 16.9. The predicted molar refractivity (Wildman–Crippen MR) is 250 cm³/mol. The van der Waals surface area contributed by atoms with Gasteiger partial charge in [0.1, 0.15) is 12.1 Å². The lowest BCUT2D eigenvalue weighted by Gasteiger charge is -2.18. The Bertz CT molecular complexity index is 1110. The number of ether oxygens (including phenoxy) is 1. The van der Waals surface area contributed by atoms with E-state index in [1.807, 2.05) is 0 Å². The van der Waals surface area contributed by atoms with Gasteiger partial charge in [0, 0.05) is 12.8 Å². The summed E-state index contributed by atoms with van der Waals surface area (Å²) in [4.78, 5) is 47.7. The molecule has 0 spiro atoms. The van der Waals surface area contributed by atoms with Crippen LogP contribution in [0.3, 0.4) is 0 Å². The maximum absolute atomic E-state index is 12.8. The highest BCUT2D eigenvalue weighted by Gasteiger charge is 2.19. The molecule has 0 saturated carbocycles. The summed E-state index contributed by atoms with van der Waals surface area (Å²) in [6.45, 7) is 3.49. The number of carbonyl (C=O) groups is 4. The van der Waals surface area contributed by atoms with E-state index in [0.29, 0.717) is 19.3 Å². The SMILES string of the molecule is CCCCCCC/C=C\C/C=C\C/C=C\CCCCCCCCC(=O)OC(CCCCCCCCCCCCC)CCCCCCCC(=O)NCC(=O)NC(CO)C(=O)O. The normalized spacial score (nSPS) is 12.7. The van der Waals surface area contributed by atoms with Gasteiger partial charge in [0.05, 0.1) is 13.2 Å². The third-order valence-electron chi connectivity index (χ3n) is 11.1. The van der Waals surface area contributed by atoms with Crippen molar-refractivity contribution in [3.63, 3.8) is 0 Å². The number of hydrogen-bond acceptors (Lipinski definition) is 6. The largest absolute Gasteiger partial charge is 0.480 e. The second-order valence-electron chi connectivity index (χ2n) is 16.9. The Morgan fingerprint density at radius 2 is 0.900 bits per heavy atom. The minimum absolute atomic E-state index is 0.0187. The molecule has 0 radical (unpaired) electrons. The summed E-state index contributed by atoms with van der Waals surface area (Å²) in [5.41, 5.74) is 0. The minimum atomic E-state index is -1.38. The number of unbranched alkanes of at least 4 members (excludes halogenated alkanes) is 25. The molecule has 2 atom stereocenters. The maximum atomic E-state index is 12.8. The van der Waals surface area contributed by atoms with Crippen molar-refractivity contribution < 1.29 is 34.1 Å². The number of carboxylic acid groups (broad SMARTS) is 1. The first-order valence-corrected chi connectivity index (χ1v) is 24.9. The molecule has 0 aliphatic carbocycles. The van der Waals surface area contributed by atoms with Crippen molar-refractivity contribution in [3.8, 4) is 0 Å². The van der Waals surface area contributed by atoms with E-state index >= 15 is 0 Å². The minimum Gasteiger partial charge on any atom is -0.480 e. The molecule has 2 amide bonds. The summed E-state index contributed by atoms with van der Waals surface area (Å²) in [6.07, 6.45) is 53.2. The number of hydrogen-bond donors (Lipinski definition) is 4. The van der Waals surface area contributed by atoms with Gasteiger partial charge in [0.2, 0.25) is 11.8 Å². The zero-order chi connectivity index (χ0) is 44.0. The summed E-state index contributed by atoms with van der Waals surface area (Å²) in [6, 6.07) is -1.38. The van der Waals surface area contributed by atoms with Gasteiger partial charge in [-0.25, -0.2) is 4.79 Å². The summed E-state index contributed by atoms with van der Waals surface area (Å²) in [7, 11) is 0. The van der Waals surface area contributed by atoms with E-state index in [2.05, 4.69) is 60.9 Å². The lowest BCUT2D eigenvalue weighted by atomic mass is 10.0. The van der Waals surface area contributed by atoms with Gasteiger partial charge in [-0.2, -0.15) is 0 Å². The van der Waals surface area contributed by atoms with E-state index in [1.165, 1.54) is 128 Å². The van der Waals surface area contributed by atoms with Crippen LogP contribution in [0.1, 0.15) is 239 Å². The van der Waals surface area contributed by atoms with Crippen LogP contribution in [0.4, 0.5) is 0 Å². The Morgan fingerprint density at radius 3 is 1.35 bits per heavy atom. The predicted octanol–water partition coefficient (Wildman–Crippen LogP) is 12.9. The second kappa shape index (κ2) is 45.6. The van der Waals surface area contributed by atoms with Gasteiger partial charge < -0.3 is 25.6 Å². The molecule has 2 unspecified atom stereocenters. The highest BCUT2D eigenvalue weighted by Crippen LogP contribution is 2.19. The number of allylic oxidation sites excluding steroid dienone is 6. The molecule has 0 heterocycles. The number of carboxylic acids is 1. The lowest BCUT2D eigenvalue weighted by Crippen LogP contribution is -2.47. The van der Waals surface area contributed by atoms with Crippen LogP contribution in [0.2, 0.25) is 0 Å². The molecule has 348 valence electrons. The highest BCUT2D eigenvalue weighted by molar-refractivity contribution is 5.87. The quantitative estimate of drug-likeness (QED) is 0.0272. The van der Waals surface area contributed by atoms with Crippen molar-refractivity contribution in [2.24, 2.45) is 0 Å². The first kappa shape index (κ1) is 57.1. The Hall–Kier alpha value is -2.94. The third-order valence-corrected chi connectivity index (χ3v) is 11.1. The van der Waals surface area contributed by atoms with E-state index < -0.39 is 24.5 Å². The molecule has 60 heavy (non-hydrogen) atoms. The van der Waals surface area contributed by atoms with Crippen LogP contribution in [0.5, 0.6) is 0 Å². The molecule has 0 bridgehead atoms. The van der Waals surface area contributed by atoms with E-state index in [1.54, 1.807) is 0 Å². The fourth-order valence-electron chi connectivity index (χ4n) is 7.31. The number of aliphatic carboxylic acids is 1. The Balaban J connectivity index is 4.25. The van der Waals surface area contributed by atoms with Crippen LogP contribution < -0.4 is 10.6 Å². The monoisotopic (exact) mass is 845 g/mol. The topological polar surface area (TPSA) is 142 Å². The molecule has 9 heteroatoms. The fraction of sp³-hybridized carbons (Fsp3) is 0.804. The Kier molecular flexibility index (Phi) is 43.4. The van der Waals surface area contributed by atoms with Crippen LogP contribution in [-0.4, -0.2) is 59.3 Å². The van der Waals surface area contributed by atoms with Crippen molar-refractivity contribution in [1.82, 2.24) is 10.6 Å². The van der Waals surface area contributed by atoms with Crippen LogP contribution >= 0.6 is 0 Å². The van der Waals surface area contributed by atoms with E-state index in [4.69, 9.17) is 14.9 Å². The van der Waals surface area contributed by atoms with Crippen molar-refractivity contribution in [3.05, 3.63) is 36.5 Å². The molecule has 0 aromatic carbocycles. The zero-order valence-electron chi connectivity index (χ0n) is 38.7. The maximum Gasteiger partial charge on any atom is 0.328 e. The zero-order valence-corrected chi connectivity index (χ0v) is 38.7. The van der Waals surface area contributed by atoms with Gasteiger partial charge in [-0.1, -0.05) is 185 Å². The number of rotatable bonds is 45. The highest BCUT2D eigenvalue weighted by atomic mass is 16.5. The van der Waals surface area contributed by atoms with Crippen molar-refractivity contribution in [1.29, 1.82) is 0 Å². The summed E-state index contributed by atoms with van der Waals surface area (Å²) < 4.78 is 6.05. The van der Waals surface area contributed by atoms with Crippen LogP contribution in [0, 0.1) is 0 Å². The van der Waals surface area contributed by atoms with Gasteiger partial charge in [-0.3, -0.25) is 14.4 Å². The van der Waals surface area contributed by atoms with Gasteiger partial charge >= 0.3 is 11.9 Å². The van der Waals surface area contributed by atoms with Gasteiger partial charge in [0.15, 0.2) is 0 Å². The molecule has 0 aromatic heterocycles. The van der Waals surface area contributed by atoms with Gasteiger partial charge in [-0.05, 0) is 77.0 Å². The van der Waals surface area contributed by atoms with E-state index in [0.717, 1.165) is 77.0 Å². The first-order valence-electron chi connectivity index (χ1n) is 24.9. The number of aliphatic hydroxyl groups excluding tert-OH is 1. The molecule has 0 aliphatic rings. The standard InChI is InChI=1S/C51H92N2O7/c1-3-5-7-9-11-13-15-16-17-18-19-20-21-22-23-24-26-28-30-35-39-43-50(57)60-46(40-36-32-29-27-25-14-12-10-8-6-4-2)41-37-33-31-34-38-42-48(55)52-44-49(56)53-47(45-54)51(58)59/h15-16,18-19,21-22,46-47,54H,3-14,17,20,23-45H2,1-2H3,(H,52,55)(H,53,56)(H,58,59)/b16-15-,19-18-,22-21-. The van der Waals surface area contributed by atoms with Crippen LogP contribution in [0.15, 0.2) is 36.5 Å². The number of carbonyl (C=O) groups excluding carboxylic acids is 3. The van der Waals surface area contributed by atoms with Crippen LogP contribution in [-0.2, 0) is 23.9 Å². The van der Waals surface area contributed by atoms with Crippen molar-refractivity contribution >= 4 is 23.8 Å². The van der Waals surface area contributed by atoms with E-state index in [-0.39, 0.29) is 24.5 Å². The molecule has 9 nitrogen and oxygen atoms in total. The van der Waals surface area contributed by atoms with Crippen LogP contribution in [0.25, 0.3) is 0 Å². The van der Waals surface area contributed by atoms with Gasteiger partial charge in [0.25, 0.3) is 0 Å². The van der Waals surface area contributed by atoms with E-state index in [9.17, 15) is 19.2 Å². The molecule has 0 fully saturated rings. The summed E-state index contributed by atoms with van der Waals surface area (Å²) in [5, 5.41) is 22.6. The number of nitrogens with one attached hydrogen (secondary N) is 2. The Labute approximate surface area is 367 Å².